The first-order valence-electron chi connectivity index (χ1n) is 4.32. The minimum absolute atomic E-state index is 0.0936. The molecule has 0 saturated heterocycles. The van der Waals surface area contributed by atoms with Crippen LogP contribution in [0.4, 0.5) is 36.4 Å². The summed E-state index contributed by atoms with van der Waals surface area (Å²) in [6, 6.07) is 1.18. The topological polar surface area (TPSA) is 46.2 Å². The lowest BCUT2D eigenvalue weighted by molar-refractivity contribution is -0.377. The van der Waals surface area contributed by atoms with Crippen LogP contribution in [0.15, 0.2) is 18.2 Å². The Morgan fingerprint density at radius 1 is 0.944 bits per heavy atom. The normalized spacial score (nSPS) is 13.8. The van der Waals surface area contributed by atoms with Gasteiger partial charge < -0.3 is 10.8 Å². The third kappa shape index (κ3) is 2.09. The molecule has 0 bridgehead atoms. The Kier molecular flexibility index (Phi) is 3.24. The summed E-state index contributed by atoms with van der Waals surface area (Å²) in [6.45, 7) is 0. The number of nitrogen functional groups attached to an aromatic ring is 1. The van der Waals surface area contributed by atoms with E-state index in [1.807, 2.05) is 0 Å². The van der Waals surface area contributed by atoms with E-state index in [2.05, 4.69) is 0 Å². The molecule has 0 aliphatic heterocycles. The zero-order valence-electron chi connectivity index (χ0n) is 8.40. The molecule has 1 aromatic carbocycles. The monoisotopic (exact) mass is 277 g/mol. The Labute approximate surface area is 95.8 Å². The summed E-state index contributed by atoms with van der Waals surface area (Å²) in [5.74, 6) is -1.86. The van der Waals surface area contributed by atoms with Crippen LogP contribution < -0.4 is 5.73 Å². The number of halogens is 7. The molecule has 0 amide bonds. The molecular weight excluding hydrogens is 271 g/mol. The molecule has 1 aromatic rings. The van der Waals surface area contributed by atoms with Crippen molar-refractivity contribution < 1.29 is 35.8 Å². The maximum atomic E-state index is 13.1. The van der Waals surface area contributed by atoms with E-state index in [1.54, 1.807) is 0 Å². The van der Waals surface area contributed by atoms with Crippen molar-refractivity contribution in [1.29, 1.82) is 0 Å². The number of alkyl halides is 6. The Morgan fingerprint density at radius 2 is 1.39 bits per heavy atom. The van der Waals surface area contributed by atoms with Crippen molar-refractivity contribution in [3.05, 3.63) is 29.6 Å². The maximum Gasteiger partial charge on any atom is 0.430 e. The standard InChI is InChI=1S/C9H6F7NO/c10-6-2-1-4(17)3-5(6)7(18,8(11,12)13)9(14,15)16/h1-3,18H,17H2. The van der Waals surface area contributed by atoms with E-state index in [0.717, 1.165) is 6.07 Å². The molecule has 18 heavy (non-hydrogen) atoms. The van der Waals surface area contributed by atoms with Gasteiger partial charge >= 0.3 is 12.4 Å². The van der Waals surface area contributed by atoms with Crippen LogP contribution in [0.1, 0.15) is 5.56 Å². The Bertz CT molecular complexity index is 437. The highest BCUT2D eigenvalue weighted by Gasteiger charge is 2.72. The van der Waals surface area contributed by atoms with Gasteiger partial charge in [0.1, 0.15) is 5.82 Å². The lowest BCUT2D eigenvalue weighted by Gasteiger charge is -2.32. The van der Waals surface area contributed by atoms with Crippen molar-refractivity contribution in [2.24, 2.45) is 0 Å². The van der Waals surface area contributed by atoms with E-state index < -0.39 is 35.0 Å². The molecule has 102 valence electrons. The van der Waals surface area contributed by atoms with Crippen LogP contribution in [0.2, 0.25) is 0 Å². The summed E-state index contributed by atoms with van der Waals surface area (Å²) >= 11 is 0. The van der Waals surface area contributed by atoms with Crippen molar-refractivity contribution in [2.45, 2.75) is 18.0 Å². The number of benzene rings is 1. The van der Waals surface area contributed by atoms with Gasteiger partial charge in [-0.3, -0.25) is 0 Å². The lowest BCUT2D eigenvalue weighted by Crippen LogP contribution is -2.54. The number of hydrogen-bond donors (Lipinski definition) is 2. The van der Waals surface area contributed by atoms with Crippen LogP contribution >= 0.6 is 0 Å². The largest absolute Gasteiger partial charge is 0.430 e. The van der Waals surface area contributed by atoms with Gasteiger partial charge in [0.2, 0.25) is 0 Å². The SMILES string of the molecule is Nc1ccc(F)c(C(O)(C(F)(F)F)C(F)(F)F)c1. The van der Waals surface area contributed by atoms with Gasteiger partial charge in [-0.15, -0.1) is 0 Å². The number of anilines is 1. The first-order valence-corrected chi connectivity index (χ1v) is 4.32. The molecular formula is C9H6F7NO. The zero-order valence-corrected chi connectivity index (χ0v) is 8.40. The Hall–Kier alpha value is -1.51. The molecule has 0 radical (unpaired) electrons. The molecule has 2 nitrogen and oxygen atoms in total. The fourth-order valence-corrected chi connectivity index (χ4v) is 1.29. The van der Waals surface area contributed by atoms with Crippen LogP contribution in [-0.2, 0) is 5.60 Å². The highest BCUT2D eigenvalue weighted by atomic mass is 19.4. The Balaban J connectivity index is 3.61. The van der Waals surface area contributed by atoms with Crippen molar-refractivity contribution in [3.8, 4) is 0 Å². The Morgan fingerprint density at radius 3 is 1.78 bits per heavy atom. The van der Waals surface area contributed by atoms with Crippen LogP contribution in [0, 0.1) is 5.82 Å². The molecule has 0 aromatic heterocycles. The highest BCUT2D eigenvalue weighted by Crippen LogP contribution is 2.50. The van der Waals surface area contributed by atoms with Crippen LogP contribution in [0.25, 0.3) is 0 Å². The molecule has 0 aliphatic carbocycles. The van der Waals surface area contributed by atoms with Gasteiger partial charge in [0.15, 0.2) is 0 Å². The molecule has 1 rings (SSSR count). The summed E-state index contributed by atoms with van der Waals surface area (Å²) in [7, 11) is 0. The first-order chi connectivity index (χ1) is 7.91. The lowest BCUT2D eigenvalue weighted by atomic mass is 9.91. The first kappa shape index (κ1) is 14.6. The second-order valence-electron chi connectivity index (χ2n) is 3.45. The average Bonchev–Trinajstić information content (AvgIpc) is 2.17. The second kappa shape index (κ2) is 4.01. The molecule has 0 heterocycles. The van der Waals surface area contributed by atoms with E-state index in [0.29, 0.717) is 6.07 Å². The molecule has 0 atom stereocenters. The molecule has 0 fully saturated rings. The van der Waals surface area contributed by atoms with E-state index in [9.17, 15) is 30.7 Å². The predicted molar refractivity (Wildman–Crippen MR) is 46.8 cm³/mol. The smallest absolute Gasteiger partial charge is 0.399 e. The van der Waals surface area contributed by atoms with Crippen LogP contribution in [-0.4, -0.2) is 17.5 Å². The van der Waals surface area contributed by atoms with Gasteiger partial charge in [0.25, 0.3) is 5.60 Å². The fraction of sp³-hybridized carbons (Fsp3) is 0.333. The van der Waals surface area contributed by atoms with E-state index >= 15 is 0 Å². The van der Waals surface area contributed by atoms with Gasteiger partial charge in [-0.2, -0.15) is 26.3 Å². The minimum atomic E-state index is -6.14. The average molecular weight is 277 g/mol. The zero-order chi connectivity index (χ0) is 14.4. The minimum Gasteiger partial charge on any atom is -0.399 e. The van der Waals surface area contributed by atoms with E-state index in [-0.39, 0.29) is 6.07 Å². The summed E-state index contributed by atoms with van der Waals surface area (Å²) in [4.78, 5) is 0. The van der Waals surface area contributed by atoms with Crippen molar-refractivity contribution in [2.75, 3.05) is 5.73 Å². The van der Waals surface area contributed by atoms with Gasteiger partial charge in [-0.05, 0) is 18.2 Å². The third-order valence-electron chi connectivity index (χ3n) is 2.20. The predicted octanol–water partition coefficient (Wildman–Crippen LogP) is 2.72. The quantitative estimate of drug-likeness (QED) is 0.612. The van der Waals surface area contributed by atoms with Crippen molar-refractivity contribution in [1.82, 2.24) is 0 Å². The van der Waals surface area contributed by atoms with Gasteiger partial charge in [0, 0.05) is 11.3 Å². The molecule has 9 heteroatoms. The molecule has 0 spiro atoms. The molecule has 0 unspecified atom stereocenters. The number of aliphatic hydroxyl groups is 1. The van der Waals surface area contributed by atoms with Crippen LogP contribution in [0.5, 0.6) is 0 Å². The summed E-state index contributed by atoms with van der Waals surface area (Å²) in [5.41, 5.74) is -2.83. The van der Waals surface area contributed by atoms with Crippen molar-refractivity contribution in [3.63, 3.8) is 0 Å². The number of rotatable bonds is 1. The number of nitrogens with two attached hydrogens (primary N) is 1. The van der Waals surface area contributed by atoms with Crippen molar-refractivity contribution >= 4 is 5.69 Å². The van der Waals surface area contributed by atoms with Crippen LogP contribution in [0.3, 0.4) is 0 Å². The number of hydrogen-bond acceptors (Lipinski definition) is 2. The molecule has 3 N–H and O–H groups in total. The van der Waals surface area contributed by atoms with E-state index in [1.165, 1.54) is 0 Å². The highest BCUT2D eigenvalue weighted by molar-refractivity contribution is 5.44. The molecule has 0 aliphatic rings. The third-order valence-corrected chi connectivity index (χ3v) is 2.20. The fourth-order valence-electron chi connectivity index (χ4n) is 1.29. The van der Waals surface area contributed by atoms with Gasteiger partial charge in [-0.1, -0.05) is 0 Å². The summed E-state index contributed by atoms with van der Waals surface area (Å²) in [5, 5.41) is 8.92. The summed E-state index contributed by atoms with van der Waals surface area (Å²) < 4.78 is 87.6. The maximum absolute atomic E-state index is 13.1. The van der Waals surface area contributed by atoms with E-state index in [4.69, 9.17) is 10.8 Å². The summed E-state index contributed by atoms with van der Waals surface area (Å²) in [6.07, 6.45) is -12.3. The second-order valence-corrected chi connectivity index (χ2v) is 3.45. The molecule has 0 saturated carbocycles. The van der Waals surface area contributed by atoms with Gasteiger partial charge in [-0.25, -0.2) is 4.39 Å². The van der Waals surface area contributed by atoms with Gasteiger partial charge in [0.05, 0.1) is 0 Å².